The third-order valence-corrected chi connectivity index (χ3v) is 5.65. The summed E-state index contributed by atoms with van der Waals surface area (Å²) >= 11 is 1.31. The molecule has 1 aromatic heterocycles. The van der Waals surface area contributed by atoms with Crippen LogP contribution in [0.5, 0.6) is 5.75 Å². The number of ether oxygens (including phenoxy) is 1. The predicted molar refractivity (Wildman–Crippen MR) is 104 cm³/mol. The van der Waals surface area contributed by atoms with Crippen molar-refractivity contribution in [3.63, 3.8) is 0 Å². The van der Waals surface area contributed by atoms with Gasteiger partial charge in [-0.15, -0.1) is 0 Å². The van der Waals surface area contributed by atoms with Gasteiger partial charge in [0.2, 0.25) is 5.91 Å². The van der Waals surface area contributed by atoms with E-state index in [-0.39, 0.29) is 17.7 Å². The Morgan fingerprint density at radius 3 is 2.74 bits per heavy atom. The molecule has 0 N–H and O–H groups in total. The number of benzene rings is 1. The lowest BCUT2D eigenvalue weighted by atomic mass is 10.0. The van der Waals surface area contributed by atoms with Gasteiger partial charge in [-0.2, -0.15) is 5.26 Å². The Bertz CT molecular complexity index is 877. The minimum Gasteiger partial charge on any atom is -0.497 e. The van der Waals surface area contributed by atoms with Crippen LogP contribution >= 0.6 is 11.8 Å². The lowest BCUT2D eigenvalue weighted by Gasteiger charge is -2.25. The fourth-order valence-electron chi connectivity index (χ4n) is 3.37. The van der Waals surface area contributed by atoms with Crippen LogP contribution in [0.3, 0.4) is 0 Å². The number of thioether (sulfide) groups is 1. The second kappa shape index (κ2) is 8.40. The van der Waals surface area contributed by atoms with Crippen LogP contribution in [0.25, 0.3) is 0 Å². The van der Waals surface area contributed by atoms with Crippen LogP contribution in [-0.4, -0.2) is 40.2 Å². The van der Waals surface area contributed by atoms with Gasteiger partial charge in [-0.05, 0) is 44.4 Å². The van der Waals surface area contributed by atoms with Gasteiger partial charge in [-0.3, -0.25) is 4.79 Å². The van der Waals surface area contributed by atoms with Gasteiger partial charge in [0, 0.05) is 6.54 Å². The minimum atomic E-state index is 0.0659. The number of rotatable bonds is 5. The Kier molecular flexibility index (Phi) is 5.97. The summed E-state index contributed by atoms with van der Waals surface area (Å²) in [5.41, 5.74) is 2.22. The van der Waals surface area contributed by atoms with E-state index in [9.17, 15) is 10.1 Å². The van der Waals surface area contributed by atoms with Gasteiger partial charge >= 0.3 is 0 Å². The summed E-state index contributed by atoms with van der Waals surface area (Å²) in [5, 5.41) is 9.93. The number of hydrogen-bond donors (Lipinski definition) is 0. The number of likely N-dealkylation sites (tertiary alicyclic amines) is 1. The second-order valence-corrected chi connectivity index (χ2v) is 7.42. The number of hydrogen-bond acceptors (Lipinski definition) is 6. The molecule has 1 unspecified atom stereocenters. The summed E-state index contributed by atoms with van der Waals surface area (Å²) in [7, 11) is 1.64. The average molecular weight is 382 g/mol. The molecule has 27 heavy (non-hydrogen) atoms. The van der Waals surface area contributed by atoms with Crippen molar-refractivity contribution in [3.05, 3.63) is 46.9 Å². The van der Waals surface area contributed by atoms with E-state index in [2.05, 4.69) is 16.0 Å². The van der Waals surface area contributed by atoms with E-state index in [0.717, 1.165) is 30.7 Å². The zero-order chi connectivity index (χ0) is 19.4. The van der Waals surface area contributed by atoms with E-state index in [1.807, 2.05) is 29.2 Å². The van der Waals surface area contributed by atoms with Gasteiger partial charge in [-0.25, -0.2) is 9.97 Å². The van der Waals surface area contributed by atoms with Gasteiger partial charge in [0.25, 0.3) is 0 Å². The second-order valence-electron chi connectivity index (χ2n) is 6.46. The number of aromatic nitrogens is 2. The molecule has 2 heterocycles. The maximum absolute atomic E-state index is 12.8. The molecule has 1 atom stereocenters. The van der Waals surface area contributed by atoms with Crippen molar-refractivity contribution < 1.29 is 9.53 Å². The topological polar surface area (TPSA) is 79.1 Å². The zero-order valence-electron chi connectivity index (χ0n) is 15.7. The van der Waals surface area contributed by atoms with Crippen molar-refractivity contribution in [2.24, 2.45) is 0 Å². The lowest BCUT2D eigenvalue weighted by Crippen LogP contribution is -2.32. The minimum absolute atomic E-state index is 0.0659. The molecule has 0 bridgehead atoms. The van der Waals surface area contributed by atoms with Crippen molar-refractivity contribution >= 4 is 17.7 Å². The SMILES string of the molecule is COc1ccc(C2CCCN2C(=O)CSc2nc(C)nc(C)c2C#N)cc1. The van der Waals surface area contributed by atoms with E-state index in [4.69, 9.17) is 4.74 Å². The van der Waals surface area contributed by atoms with Crippen LogP contribution in [0.1, 0.15) is 41.5 Å². The summed E-state index contributed by atoms with van der Waals surface area (Å²) in [4.78, 5) is 23.3. The van der Waals surface area contributed by atoms with Gasteiger partial charge in [0.15, 0.2) is 0 Å². The maximum atomic E-state index is 12.8. The molecule has 6 nitrogen and oxygen atoms in total. The first kappa shape index (κ1) is 19.2. The van der Waals surface area contributed by atoms with E-state index in [1.54, 1.807) is 21.0 Å². The average Bonchev–Trinajstić information content (AvgIpc) is 3.15. The van der Waals surface area contributed by atoms with Crippen molar-refractivity contribution in [3.8, 4) is 11.8 Å². The normalized spacial score (nSPS) is 16.2. The quantitative estimate of drug-likeness (QED) is 0.582. The molecule has 2 aromatic rings. The van der Waals surface area contributed by atoms with E-state index < -0.39 is 0 Å². The van der Waals surface area contributed by atoms with Crippen molar-refractivity contribution in [1.82, 2.24) is 14.9 Å². The van der Waals surface area contributed by atoms with Crippen LogP contribution in [0.4, 0.5) is 0 Å². The molecule has 140 valence electrons. The van der Waals surface area contributed by atoms with Crippen LogP contribution in [0, 0.1) is 25.2 Å². The number of aryl methyl sites for hydroxylation is 2. The van der Waals surface area contributed by atoms with Gasteiger partial charge in [0.05, 0.1) is 24.6 Å². The van der Waals surface area contributed by atoms with Gasteiger partial charge in [-0.1, -0.05) is 23.9 Å². The molecular weight excluding hydrogens is 360 g/mol. The first-order valence-electron chi connectivity index (χ1n) is 8.85. The van der Waals surface area contributed by atoms with Crippen LogP contribution in [0.2, 0.25) is 0 Å². The number of nitriles is 1. The molecule has 1 amide bonds. The standard InChI is InChI=1S/C20H22N4O2S/c1-13-17(11-21)20(23-14(2)22-13)27-12-19(25)24-10-4-5-18(24)15-6-8-16(26-3)9-7-15/h6-9,18H,4-5,10,12H2,1-3H3. The highest BCUT2D eigenvalue weighted by Gasteiger charge is 2.30. The largest absolute Gasteiger partial charge is 0.497 e. The molecular formula is C20H22N4O2S. The smallest absolute Gasteiger partial charge is 0.233 e. The van der Waals surface area contributed by atoms with Crippen molar-refractivity contribution in [1.29, 1.82) is 5.26 Å². The Morgan fingerprint density at radius 2 is 2.07 bits per heavy atom. The third kappa shape index (κ3) is 4.22. The molecule has 0 spiro atoms. The molecule has 0 aliphatic carbocycles. The molecule has 1 fully saturated rings. The Hall–Kier alpha value is -2.59. The molecule has 1 saturated heterocycles. The van der Waals surface area contributed by atoms with E-state index in [1.165, 1.54) is 11.8 Å². The fraction of sp³-hybridized carbons (Fsp3) is 0.400. The summed E-state index contributed by atoms with van der Waals surface area (Å²) in [5.74, 6) is 1.75. The summed E-state index contributed by atoms with van der Waals surface area (Å²) in [6.45, 7) is 4.34. The molecule has 7 heteroatoms. The number of nitrogens with zero attached hydrogens (tertiary/aromatic N) is 4. The van der Waals surface area contributed by atoms with E-state index >= 15 is 0 Å². The van der Waals surface area contributed by atoms with Crippen LogP contribution in [-0.2, 0) is 4.79 Å². The Morgan fingerprint density at radius 1 is 1.33 bits per heavy atom. The van der Waals surface area contributed by atoms with Crippen molar-refractivity contribution in [2.45, 2.75) is 37.8 Å². The number of carbonyl (C=O) groups is 1. The Labute approximate surface area is 163 Å². The molecule has 0 saturated carbocycles. The first-order chi connectivity index (χ1) is 13.0. The molecule has 3 rings (SSSR count). The maximum Gasteiger partial charge on any atom is 0.233 e. The zero-order valence-corrected chi connectivity index (χ0v) is 16.5. The van der Waals surface area contributed by atoms with Gasteiger partial charge in [0.1, 0.15) is 28.2 Å². The number of carbonyl (C=O) groups excluding carboxylic acids is 1. The molecule has 1 aliphatic rings. The van der Waals surface area contributed by atoms with Crippen LogP contribution < -0.4 is 4.74 Å². The number of methoxy groups -OCH3 is 1. The molecule has 1 aromatic carbocycles. The fourth-order valence-corrected chi connectivity index (χ4v) is 4.33. The monoisotopic (exact) mass is 382 g/mol. The summed E-state index contributed by atoms with van der Waals surface area (Å²) < 4.78 is 5.21. The van der Waals surface area contributed by atoms with Crippen LogP contribution in [0.15, 0.2) is 29.3 Å². The Balaban J connectivity index is 1.71. The van der Waals surface area contributed by atoms with Gasteiger partial charge < -0.3 is 9.64 Å². The molecule has 1 aliphatic heterocycles. The van der Waals surface area contributed by atoms with E-state index in [0.29, 0.717) is 22.1 Å². The highest BCUT2D eigenvalue weighted by molar-refractivity contribution is 8.00. The van der Waals surface area contributed by atoms with Crippen molar-refractivity contribution in [2.75, 3.05) is 19.4 Å². The lowest BCUT2D eigenvalue weighted by molar-refractivity contribution is -0.129. The third-order valence-electron chi connectivity index (χ3n) is 4.69. The highest BCUT2D eigenvalue weighted by atomic mass is 32.2. The summed E-state index contributed by atoms with van der Waals surface area (Å²) in [6, 6.07) is 10.1. The highest BCUT2D eigenvalue weighted by Crippen LogP contribution is 2.34. The summed E-state index contributed by atoms with van der Waals surface area (Å²) in [6.07, 6.45) is 1.94. The molecule has 0 radical (unpaired) electrons. The predicted octanol–water partition coefficient (Wildman–Crippen LogP) is 3.43. The first-order valence-corrected chi connectivity index (χ1v) is 9.83. The number of amides is 1.